The van der Waals surface area contributed by atoms with Gasteiger partial charge in [0.05, 0.1) is 0 Å². The van der Waals surface area contributed by atoms with E-state index < -0.39 is 5.54 Å². The Balaban J connectivity index is 2.39. The van der Waals surface area contributed by atoms with Crippen molar-refractivity contribution in [3.05, 3.63) is 0 Å². The van der Waals surface area contributed by atoms with Gasteiger partial charge in [-0.3, -0.25) is 9.59 Å². The van der Waals surface area contributed by atoms with Crippen LogP contribution in [0.4, 0.5) is 0 Å². The minimum absolute atomic E-state index is 0.0118. The van der Waals surface area contributed by atoms with Crippen molar-refractivity contribution >= 4 is 11.8 Å². The largest absolute Gasteiger partial charge is 0.381 e. The van der Waals surface area contributed by atoms with Crippen molar-refractivity contribution in [3.8, 4) is 0 Å². The maximum Gasteiger partial charge on any atom is 0.247 e. The second kappa shape index (κ2) is 6.89. The first kappa shape index (κ1) is 16.0. The smallest absolute Gasteiger partial charge is 0.247 e. The van der Waals surface area contributed by atoms with Crippen molar-refractivity contribution in [1.29, 1.82) is 0 Å². The number of ether oxygens (including phenoxy) is 1. The fraction of sp³-hybridized carbons (Fsp3) is 0.857. The molecule has 0 radical (unpaired) electrons. The Labute approximate surface area is 115 Å². The molecule has 0 unspecified atom stereocenters. The van der Waals surface area contributed by atoms with E-state index >= 15 is 0 Å². The lowest BCUT2D eigenvalue weighted by molar-refractivity contribution is -0.137. The summed E-state index contributed by atoms with van der Waals surface area (Å²) in [7, 11) is 0. The summed E-state index contributed by atoms with van der Waals surface area (Å²) in [5.74, 6) is 0.458. The van der Waals surface area contributed by atoms with Gasteiger partial charge in [-0.25, -0.2) is 0 Å². The highest BCUT2D eigenvalue weighted by atomic mass is 16.5. The first-order valence-electron chi connectivity index (χ1n) is 7.01. The number of rotatable bonds is 6. The van der Waals surface area contributed by atoms with Gasteiger partial charge in [0.25, 0.3) is 0 Å². The number of nitrogens with zero attached hydrogens (tertiary/aromatic N) is 1. The summed E-state index contributed by atoms with van der Waals surface area (Å²) >= 11 is 0. The molecular weight excluding hydrogens is 244 g/mol. The maximum atomic E-state index is 12.3. The van der Waals surface area contributed by atoms with Crippen LogP contribution >= 0.6 is 0 Å². The van der Waals surface area contributed by atoms with Gasteiger partial charge in [-0.05, 0) is 26.2 Å². The van der Waals surface area contributed by atoms with Crippen LogP contribution in [-0.2, 0) is 14.3 Å². The summed E-state index contributed by atoms with van der Waals surface area (Å²) in [5, 5.41) is 2.75. The minimum atomic E-state index is -0.799. The molecule has 19 heavy (non-hydrogen) atoms. The first-order chi connectivity index (χ1) is 8.83. The zero-order valence-corrected chi connectivity index (χ0v) is 12.5. The molecule has 1 N–H and O–H groups in total. The van der Waals surface area contributed by atoms with Crippen LogP contribution in [0.1, 0.15) is 40.5 Å². The molecule has 0 aromatic heterocycles. The van der Waals surface area contributed by atoms with E-state index in [1.165, 1.54) is 0 Å². The SMILES string of the molecule is CC(C)COCCCN1CCC(=O)NC(C)(C)C1=O. The van der Waals surface area contributed by atoms with Crippen LogP contribution < -0.4 is 5.32 Å². The predicted molar refractivity (Wildman–Crippen MR) is 73.7 cm³/mol. The summed E-state index contributed by atoms with van der Waals surface area (Å²) in [6.45, 7) is 10.3. The van der Waals surface area contributed by atoms with Gasteiger partial charge in [0.15, 0.2) is 0 Å². The van der Waals surface area contributed by atoms with Gasteiger partial charge in [0.1, 0.15) is 5.54 Å². The van der Waals surface area contributed by atoms with E-state index in [9.17, 15) is 9.59 Å². The molecule has 5 nitrogen and oxygen atoms in total. The standard InChI is InChI=1S/C14H26N2O3/c1-11(2)10-19-9-5-7-16-8-6-12(17)15-14(3,4)13(16)18/h11H,5-10H2,1-4H3,(H,15,17). The fourth-order valence-corrected chi connectivity index (χ4v) is 2.09. The van der Waals surface area contributed by atoms with Crippen molar-refractivity contribution in [1.82, 2.24) is 10.2 Å². The highest BCUT2D eigenvalue weighted by Crippen LogP contribution is 2.13. The van der Waals surface area contributed by atoms with E-state index in [1.807, 2.05) is 0 Å². The van der Waals surface area contributed by atoms with Crippen LogP contribution in [0.5, 0.6) is 0 Å². The molecule has 1 heterocycles. The van der Waals surface area contributed by atoms with Crippen LogP contribution in [0.2, 0.25) is 0 Å². The summed E-state index contributed by atoms with van der Waals surface area (Å²) in [4.78, 5) is 25.5. The van der Waals surface area contributed by atoms with Crippen molar-refractivity contribution in [2.45, 2.75) is 46.1 Å². The Morgan fingerprint density at radius 1 is 1.37 bits per heavy atom. The molecule has 0 aliphatic carbocycles. The van der Waals surface area contributed by atoms with Gasteiger partial charge in [-0.15, -0.1) is 0 Å². The zero-order valence-electron chi connectivity index (χ0n) is 12.5. The highest BCUT2D eigenvalue weighted by Gasteiger charge is 2.35. The average Bonchev–Trinajstić information content (AvgIpc) is 2.38. The molecule has 1 aliphatic heterocycles. The molecule has 0 bridgehead atoms. The number of amides is 2. The van der Waals surface area contributed by atoms with E-state index in [0.717, 1.165) is 13.0 Å². The van der Waals surface area contributed by atoms with Gasteiger partial charge in [-0.1, -0.05) is 13.8 Å². The lowest BCUT2D eigenvalue weighted by Crippen LogP contribution is -2.53. The van der Waals surface area contributed by atoms with Crippen LogP contribution in [-0.4, -0.2) is 48.6 Å². The number of hydrogen-bond acceptors (Lipinski definition) is 3. The minimum Gasteiger partial charge on any atom is -0.381 e. The molecule has 0 atom stereocenters. The molecule has 0 saturated carbocycles. The topological polar surface area (TPSA) is 58.6 Å². The summed E-state index contributed by atoms with van der Waals surface area (Å²) in [6, 6.07) is 0. The quantitative estimate of drug-likeness (QED) is 0.737. The van der Waals surface area contributed by atoms with Gasteiger partial charge >= 0.3 is 0 Å². The van der Waals surface area contributed by atoms with Crippen LogP contribution in [0.25, 0.3) is 0 Å². The van der Waals surface area contributed by atoms with E-state index in [2.05, 4.69) is 19.2 Å². The number of carbonyl (C=O) groups excluding carboxylic acids is 2. The number of hydrogen-bond donors (Lipinski definition) is 1. The van der Waals surface area contributed by atoms with E-state index in [1.54, 1.807) is 18.7 Å². The van der Waals surface area contributed by atoms with Gasteiger partial charge < -0.3 is 15.0 Å². The number of nitrogens with one attached hydrogen (secondary N) is 1. The predicted octanol–water partition coefficient (Wildman–Crippen LogP) is 1.18. The third-order valence-corrected chi connectivity index (χ3v) is 3.05. The Morgan fingerprint density at radius 2 is 2.05 bits per heavy atom. The fourth-order valence-electron chi connectivity index (χ4n) is 2.09. The summed E-state index contributed by atoms with van der Waals surface area (Å²) in [6.07, 6.45) is 1.19. The molecule has 2 amide bonds. The van der Waals surface area contributed by atoms with Crippen molar-refractivity contribution in [2.75, 3.05) is 26.3 Å². The Morgan fingerprint density at radius 3 is 2.68 bits per heavy atom. The Kier molecular flexibility index (Phi) is 5.79. The molecule has 0 aromatic rings. The van der Waals surface area contributed by atoms with E-state index in [0.29, 0.717) is 32.0 Å². The van der Waals surface area contributed by atoms with Gasteiger partial charge in [0.2, 0.25) is 11.8 Å². The monoisotopic (exact) mass is 270 g/mol. The molecule has 110 valence electrons. The average molecular weight is 270 g/mol. The normalized spacial score (nSPS) is 19.5. The lowest BCUT2D eigenvalue weighted by atomic mass is 10.0. The van der Waals surface area contributed by atoms with Crippen LogP contribution in [0.3, 0.4) is 0 Å². The summed E-state index contributed by atoms with van der Waals surface area (Å²) < 4.78 is 5.51. The van der Waals surface area contributed by atoms with Crippen LogP contribution in [0.15, 0.2) is 0 Å². The second-order valence-corrected chi connectivity index (χ2v) is 6.04. The maximum absolute atomic E-state index is 12.3. The van der Waals surface area contributed by atoms with Crippen LogP contribution in [0, 0.1) is 5.92 Å². The van der Waals surface area contributed by atoms with Gasteiger partial charge in [-0.2, -0.15) is 0 Å². The zero-order chi connectivity index (χ0) is 14.5. The third kappa shape index (κ3) is 5.19. The molecule has 1 aliphatic rings. The Bertz CT molecular complexity index is 327. The van der Waals surface area contributed by atoms with Crippen molar-refractivity contribution < 1.29 is 14.3 Å². The number of carbonyl (C=O) groups is 2. The second-order valence-electron chi connectivity index (χ2n) is 6.04. The van der Waals surface area contributed by atoms with Crippen molar-refractivity contribution in [3.63, 3.8) is 0 Å². The van der Waals surface area contributed by atoms with E-state index in [4.69, 9.17) is 4.74 Å². The molecule has 0 aromatic carbocycles. The molecule has 1 saturated heterocycles. The summed E-state index contributed by atoms with van der Waals surface area (Å²) in [5.41, 5.74) is -0.799. The third-order valence-electron chi connectivity index (χ3n) is 3.05. The van der Waals surface area contributed by atoms with Gasteiger partial charge in [0, 0.05) is 32.7 Å². The first-order valence-corrected chi connectivity index (χ1v) is 7.01. The molecular formula is C14H26N2O3. The highest BCUT2D eigenvalue weighted by molar-refractivity contribution is 5.92. The van der Waals surface area contributed by atoms with Crippen molar-refractivity contribution in [2.24, 2.45) is 5.92 Å². The molecule has 0 spiro atoms. The molecule has 1 fully saturated rings. The Hall–Kier alpha value is -1.10. The molecule has 5 heteroatoms. The lowest BCUT2D eigenvalue weighted by Gasteiger charge is -2.28. The molecule has 1 rings (SSSR count). The van der Waals surface area contributed by atoms with E-state index in [-0.39, 0.29) is 11.8 Å².